The number of hydrogen-bond acceptors (Lipinski definition) is 7. The minimum absolute atomic E-state index is 0.148. The van der Waals surface area contributed by atoms with Crippen molar-refractivity contribution < 1.29 is 14.9 Å². The van der Waals surface area contributed by atoms with Crippen molar-refractivity contribution in [3.05, 3.63) is 15.1 Å². The molecule has 21 heavy (non-hydrogen) atoms. The number of aliphatic hydroxyl groups is 2. The number of aromatic nitrogens is 5. The third kappa shape index (κ3) is 1.35. The molecule has 0 aliphatic carbocycles. The van der Waals surface area contributed by atoms with Crippen LogP contribution in [0.4, 0.5) is 0 Å². The fourth-order valence-corrected chi connectivity index (χ4v) is 3.54. The van der Waals surface area contributed by atoms with E-state index in [0.717, 1.165) is 0 Å². The van der Waals surface area contributed by atoms with Crippen LogP contribution in [0, 0.1) is 4.64 Å². The van der Waals surface area contributed by atoms with Gasteiger partial charge in [0.1, 0.15) is 22.4 Å². The summed E-state index contributed by atoms with van der Waals surface area (Å²) in [5.41, 5.74) is -2.34. The van der Waals surface area contributed by atoms with Crippen molar-refractivity contribution in [1.82, 2.24) is 24.5 Å². The summed E-state index contributed by atoms with van der Waals surface area (Å²) in [5.74, 6) is 0. The Bertz CT molecular complexity index is 887. The molecule has 2 aliphatic rings. The summed E-state index contributed by atoms with van der Waals surface area (Å²) < 4.78 is 8.77. The number of rotatable bonds is 0. The van der Waals surface area contributed by atoms with E-state index in [0.29, 0.717) is 11.2 Å². The van der Waals surface area contributed by atoms with Gasteiger partial charge in [-0.1, -0.05) is 17.4 Å². The highest BCUT2D eigenvalue weighted by molar-refractivity contribution is 7.71. The molecule has 0 amide bonds. The van der Waals surface area contributed by atoms with Crippen LogP contribution in [0.3, 0.4) is 0 Å². The Balaban J connectivity index is 2.21. The number of H-pyrrole nitrogens is 1. The predicted molar refractivity (Wildman–Crippen MR) is 72.1 cm³/mol. The molecule has 10 heteroatoms. The second-order valence-electron chi connectivity index (χ2n) is 5.87. The average molecular weight is 311 g/mol. The highest BCUT2D eigenvalue weighted by Crippen LogP contribution is 2.44. The molecule has 4 rings (SSSR count). The summed E-state index contributed by atoms with van der Waals surface area (Å²) in [4.78, 5) is 14.9. The fraction of sp³-hybridized carbons (Fsp3) is 0.636. The van der Waals surface area contributed by atoms with E-state index in [1.54, 1.807) is 13.8 Å². The summed E-state index contributed by atoms with van der Waals surface area (Å²) in [6, 6.07) is 0. The first-order valence-electron chi connectivity index (χ1n) is 6.43. The van der Waals surface area contributed by atoms with E-state index in [1.807, 2.05) is 0 Å². The van der Waals surface area contributed by atoms with Crippen LogP contribution in [0.2, 0.25) is 0 Å². The smallest absolute Gasteiger partial charge is 0.330 e. The van der Waals surface area contributed by atoms with E-state index in [-0.39, 0.29) is 11.2 Å². The molecule has 4 atom stereocenters. The van der Waals surface area contributed by atoms with E-state index in [1.165, 1.54) is 9.25 Å². The van der Waals surface area contributed by atoms with Crippen LogP contribution in [0.25, 0.3) is 11.2 Å². The van der Waals surface area contributed by atoms with Crippen molar-refractivity contribution in [2.24, 2.45) is 0 Å². The van der Waals surface area contributed by atoms with E-state index in [4.69, 9.17) is 17.0 Å². The molecule has 112 valence electrons. The van der Waals surface area contributed by atoms with Crippen LogP contribution in [-0.2, 0) is 17.0 Å². The maximum Gasteiger partial charge on any atom is 0.330 e. The SMILES string of the molecule is CC12Cn3nnc4c(=S)[nH]c(=O)n(c43)C(C)(O1)C(O)C2O. The van der Waals surface area contributed by atoms with Gasteiger partial charge in [-0.15, -0.1) is 5.10 Å². The molecule has 2 aromatic heterocycles. The topological polar surface area (TPSA) is 118 Å². The Morgan fingerprint density at radius 2 is 2.14 bits per heavy atom. The Morgan fingerprint density at radius 3 is 2.86 bits per heavy atom. The monoisotopic (exact) mass is 311 g/mol. The van der Waals surface area contributed by atoms with Gasteiger partial charge in [0.05, 0.1) is 6.54 Å². The predicted octanol–water partition coefficient (Wildman–Crippen LogP) is -1.15. The number of fused-ring (bicyclic) bond motifs is 3. The van der Waals surface area contributed by atoms with Crippen molar-refractivity contribution in [3.63, 3.8) is 0 Å². The van der Waals surface area contributed by atoms with E-state index in [9.17, 15) is 15.0 Å². The lowest BCUT2D eigenvalue weighted by Crippen LogP contribution is -2.50. The van der Waals surface area contributed by atoms with Crippen LogP contribution < -0.4 is 5.69 Å². The maximum absolute atomic E-state index is 12.4. The molecular weight excluding hydrogens is 298 g/mol. The summed E-state index contributed by atoms with van der Waals surface area (Å²) in [6.45, 7) is 3.36. The third-order valence-corrected chi connectivity index (χ3v) is 4.68. The van der Waals surface area contributed by atoms with Crippen LogP contribution in [0.5, 0.6) is 0 Å². The van der Waals surface area contributed by atoms with Gasteiger partial charge in [0, 0.05) is 0 Å². The van der Waals surface area contributed by atoms with E-state index in [2.05, 4.69) is 15.3 Å². The maximum atomic E-state index is 12.4. The number of nitrogens with zero attached hydrogens (tertiary/aromatic N) is 4. The van der Waals surface area contributed by atoms with Gasteiger partial charge in [-0.05, 0) is 13.8 Å². The zero-order chi connectivity index (χ0) is 15.2. The summed E-state index contributed by atoms with van der Waals surface area (Å²) in [6.07, 6.45) is -2.43. The van der Waals surface area contributed by atoms with Gasteiger partial charge in [0.15, 0.2) is 16.9 Å². The molecule has 2 aromatic rings. The van der Waals surface area contributed by atoms with Crippen molar-refractivity contribution >= 4 is 23.4 Å². The largest absolute Gasteiger partial charge is 0.387 e. The molecule has 0 saturated carbocycles. The van der Waals surface area contributed by atoms with Gasteiger partial charge in [0.2, 0.25) is 0 Å². The van der Waals surface area contributed by atoms with Gasteiger partial charge >= 0.3 is 5.69 Å². The normalized spacial score (nSPS) is 37.9. The third-order valence-electron chi connectivity index (χ3n) is 4.38. The quantitative estimate of drug-likeness (QED) is 0.526. The fourth-order valence-electron chi connectivity index (χ4n) is 3.32. The molecule has 9 nitrogen and oxygen atoms in total. The standard InChI is InChI=1S/C11H13N5O4S/c1-10-3-15-8-4(13-14-15)7(21)12-9(19)16(8)11(2,20-10)6(18)5(10)17/h5-6,17-18H,3H2,1-2H3,(H,12,19,21). The Hall–Kier alpha value is -1.62. The van der Waals surface area contributed by atoms with Gasteiger partial charge in [-0.25, -0.2) is 14.0 Å². The first kappa shape index (κ1) is 13.1. The highest BCUT2D eigenvalue weighted by atomic mass is 32.1. The number of ether oxygens (including phenoxy) is 1. The van der Waals surface area contributed by atoms with Crippen LogP contribution >= 0.6 is 12.2 Å². The number of aromatic amines is 1. The molecule has 3 N–H and O–H groups in total. The second kappa shape index (κ2) is 3.58. The number of hydrogen-bond donors (Lipinski definition) is 3. The minimum atomic E-state index is -1.43. The lowest BCUT2D eigenvalue weighted by atomic mass is 9.94. The van der Waals surface area contributed by atoms with Crippen LogP contribution in [-0.4, -0.2) is 52.6 Å². The zero-order valence-electron chi connectivity index (χ0n) is 11.3. The number of aliphatic hydroxyl groups excluding tert-OH is 2. The molecule has 1 saturated heterocycles. The molecule has 4 unspecified atom stereocenters. The molecule has 2 bridgehead atoms. The molecule has 0 radical (unpaired) electrons. The van der Waals surface area contributed by atoms with Gasteiger partial charge < -0.3 is 14.9 Å². The lowest BCUT2D eigenvalue weighted by molar-refractivity contribution is -0.159. The average Bonchev–Trinajstić information content (AvgIpc) is 2.82. The summed E-state index contributed by atoms with van der Waals surface area (Å²) in [7, 11) is 0. The van der Waals surface area contributed by atoms with Crippen LogP contribution in [0.15, 0.2) is 4.79 Å². The molecule has 0 aromatic carbocycles. The minimum Gasteiger partial charge on any atom is -0.387 e. The van der Waals surface area contributed by atoms with Crippen LogP contribution in [0.1, 0.15) is 13.8 Å². The zero-order valence-corrected chi connectivity index (χ0v) is 12.1. The lowest BCUT2D eigenvalue weighted by Gasteiger charge is -2.29. The molecule has 0 spiro atoms. The summed E-state index contributed by atoms with van der Waals surface area (Å²) >= 11 is 5.10. The Labute approximate surface area is 122 Å². The Morgan fingerprint density at radius 1 is 1.43 bits per heavy atom. The Kier molecular flexibility index (Phi) is 2.23. The molecule has 2 aliphatic heterocycles. The van der Waals surface area contributed by atoms with Crippen molar-refractivity contribution in [2.75, 3.05) is 0 Å². The van der Waals surface area contributed by atoms with Crippen molar-refractivity contribution in [3.8, 4) is 0 Å². The first-order chi connectivity index (χ1) is 9.78. The van der Waals surface area contributed by atoms with E-state index < -0.39 is 29.2 Å². The van der Waals surface area contributed by atoms with Crippen molar-refractivity contribution in [2.45, 2.75) is 43.9 Å². The van der Waals surface area contributed by atoms with E-state index >= 15 is 0 Å². The first-order valence-corrected chi connectivity index (χ1v) is 6.84. The highest BCUT2D eigenvalue weighted by Gasteiger charge is 2.61. The molecule has 4 heterocycles. The van der Waals surface area contributed by atoms with Gasteiger partial charge in [-0.2, -0.15) is 0 Å². The van der Waals surface area contributed by atoms with Gasteiger partial charge in [-0.3, -0.25) is 4.98 Å². The van der Waals surface area contributed by atoms with Crippen molar-refractivity contribution in [1.29, 1.82) is 0 Å². The van der Waals surface area contributed by atoms with Gasteiger partial charge in [0.25, 0.3) is 0 Å². The second-order valence-corrected chi connectivity index (χ2v) is 6.28. The number of nitrogens with one attached hydrogen (secondary N) is 1. The molecular formula is C11H13N5O4S. The summed E-state index contributed by atoms with van der Waals surface area (Å²) in [5, 5.41) is 28.7. The molecule has 1 fully saturated rings.